The van der Waals surface area contributed by atoms with Crippen LogP contribution in [0.2, 0.25) is 0 Å². The van der Waals surface area contributed by atoms with E-state index in [9.17, 15) is 9.18 Å². The van der Waals surface area contributed by atoms with Crippen LogP contribution in [0.3, 0.4) is 0 Å². The van der Waals surface area contributed by atoms with E-state index < -0.39 is 5.41 Å². The Bertz CT molecular complexity index is 1440. The molecule has 0 atom stereocenters. The molecule has 1 heterocycles. The minimum Gasteiger partial charge on any atom is -0.369 e. The van der Waals surface area contributed by atoms with Crippen molar-refractivity contribution in [2.75, 3.05) is 30.8 Å². The van der Waals surface area contributed by atoms with Crippen LogP contribution in [-0.2, 0) is 21.5 Å². The lowest BCUT2D eigenvalue weighted by Crippen LogP contribution is -2.39. The van der Waals surface area contributed by atoms with Crippen LogP contribution in [0.4, 0.5) is 21.8 Å². The molecule has 0 fully saturated rings. The molecule has 4 N–H and O–H groups in total. The number of carbonyl (C=O) groups excluding carboxylic acids is 2. The average molecular weight is 571 g/mol. The van der Waals surface area contributed by atoms with E-state index in [1.54, 1.807) is 12.1 Å². The van der Waals surface area contributed by atoms with Crippen molar-refractivity contribution in [3.8, 4) is 11.1 Å². The van der Waals surface area contributed by atoms with Crippen LogP contribution in [0.5, 0.6) is 0 Å². The Balaban J connectivity index is 0.00000237. The van der Waals surface area contributed by atoms with Gasteiger partial charge in [-0.05, 0) is 87.3 Å². The summed E-state index contributed by atoms with van der Waals surface area (Å²) < 4.78 is 13.3. The molecule has 0 saturated heterocycles. The number of benzene rings is 3. The molecule has 0 saturated carbocycles. The van der Waals surface area contributed by atoms with Gasteiger partial charge in [-0.2, -0.15) is 4.98 Å². The number of amides is 1. The topological polar surface area (TPSA) is 108 Å². The number of nitrogens with one attached hydrogen (secondary N) is 4. The Morgan fingerprint density at radius 3 is 2.36 bits per heavy atom. The van der Waals surface area contributed by atoms with Crippen molar-refractivity contribution < 1.29 is 14.0 Å². The summed E-state index contributed by atoms with van der Waals surface area (Å²) in [4.78, 5) is 30.3. The molecule has 0 radical (unpaired) electrons. The molecular weight excluding hydrogens is 531 g/mol. The molecule has 0 bridgehead atoms. The highest BCUT2D eigenvalue weighted by Crippen LogP contribution is 2.28. The molecule has 42 heavy (non-hydrogen) atoms. The van der Waals surface area contributed by atoms with E-state index in [-0.39, 0.29) is 11.7 Å². The smallest absolute Gasteiger partial charge is 0.230 e. The van der Waals surface area contributed by atoms with Crippen molar-refractivity contribution in [2.24, 2.45) is 0 Å². The maximum Gasteiger partial charge on any atom is 0.230 e. The zero-order chi connectivity index (χ0) is 30.5. The highest BCUT2D eigenvalue weighted by molar-refractivity contribution is 5.87. The fourth-order valence-electron chi connectivity index (χ4n) is 4.32. The van der Waals surface area contributed by atoms with Crippen molar-refractivity contribution in [1.82, 2.24) is 20.6 Å². The summed E-state index contributed by atoms with van der Waals surface area (Å²) in [6.45, 7) is 9.77. The molecule has 0 aliphatic rings. The second-order valence-corrected chi connectivity index (χ2v) is 10.3. The van der Waals surface area contributed by atoms with Gasteiger partial charge in [0, 0.05) is 30.5 Å². The van der Waals surface area contributed by atoms with E-state index in [0.29, 0.717) is 12.5 Å². The van der Waals surface area contributed by atoms with Gasteiger partial charge >= 0.3 is 0 Å². The highest BCUT2D eigenvalue weighted by Gasteiger charge is 2.29. The third-order valence-electron chi connectivity index (χ3n) is 6.81. The normalized spacial score (nSPS) is 10.8. The van der Waals surface area contributed by atoms with Crippen LogP contribution in [0, 0.1) is 12.7 Å². The highest BCUT2D eigenvalue weighted by atomic mass is 19.1. The fourth-order valence-corrected chi connectivity index (χ4v) is 4.32. The van der Waals surface area contributed by atoms with Gasteiger partial charge in [-0.15, -0.1) is 0 Å². The first-order chi connectivity index (χ1) is 20.3. The lowest BCUT2D eigenvalue weighted by molar-refractivity contribution is -0.125. The number of rotatable bonds is 12. The lowest BCUT2D eigenvalue weighted by atomic mass is 9.83. The maximum atomic E-state index is 13.3. The Hall–Kier alpha value is -4.63. The first kappa shape index (κ1) is 31.9. The fraction of sp³-hybridized carbons (Fsp3) is 0.273. The number of aryl methyl sites for hydroxylation is 1. The van der Waals surface area contributed by atoms with Crippen LogP contribution in [0.1, 0.15) is 37.0 Å². The first-order valence-electron chi connectivity index (χ1n) is 13.8. The quantitative estimate of drug-likeness (QED) is 0.160. The maximum absolute atomic E-state index is 13.3. The molecule has 0 aliphatic heterocycles. The van der Waals surface area contributed by atoms with Crippen LogP contribution < -0.4 is 21.3 Å². The van der Waals surface area contributed by atoms with E-state index in [4.69, 9.17) is 9.78 Å². The summed E-state index contributed by atoms with van der Waals surface area (Å²) in [5.74, 6) is 0.831. The summed E-state index contributed by atoms with van der Waals surface area (Å²) >= 11 is 0. The van der Waals surface area contributed by atoms with Crippen molar-refractivity contribution >= 4 is 30.1 Å². The minimum atomic E-state index is -0.785. The second kappa shape index (κ2) is 15.4. The molecule has 1 amide bonds. The van der Waals surface area contributed by atoms with Crippen LogP contribution in [-0.4, -0.2) is 42.8 Å². The van der Waals surface area contributed by atoms with Crippen LogP contribution in [0.25, 0.3) is 11.1 Å². The number of nitrogens with zero attached hydrogens (tertiary/aromatic N) is 2. The molecule has 220 valence electrons. The molecule has 0 aliphatic carbocycles. The number of anilines is 3. The molecule has 4 rings (SSSR count). The van der Waals surface area contributed by atoms with E-state index >= 15 is 0 Å². The molecular formula is C33H39FN6O2. The standard InChI is InChI=1S/C32H37FN6O.CH2O/c1-22-7-5-8-27(19-22)38-31-37-21-28(29(39-31)35-18-6-17-34-4)24-11-9-23(10-12-24)20-36-30(40)32(2,3)25-13-15-26(33)16-14-25;1-2/h5,7-16,19,21,34H,6,17-18,20H2,1-4H3,(H,36,40)(H2,35,37,38,39);1H2. The van der Waals surface area contributed by atoms with E-state index in [0.717, 1.165) is 58.8 Å². The number of halogens is 1. The predicted molar refractivity (Wildman–Crippen MR) is 167 cm³/mol. The lowest BCUT2D eigenvalue weighted by Gasteiger charge is -2.24. The van der Waals surface area contributed by atoms with Gasteiger partial charge in [-0.1, -0.05) is 48.5 Å². The monoisotopic (exact) mass is 570 g/mol. The van der Waals surface area contributed by atoms with Crippen molar-refractivity contribution in [2.45, 2.75) is 39.2 Å². The third-order valence-corrected chi connectivity index (χ3v) is 6.81. The first-order valence-corrected chi connectivity index (χ1v) is 13.8. The Morgan fingerprint density at radius 1 is 0.976 bits per heavy atom. The Labute approximate surface area is 247 Å². The predicted octanol–water partition coefficient (Wildman–Crippen LogP) is 5.77. The van der Waals surface area contributed by atoms with E-state index in [1.807, 2.05) is 83.3 Å². The van der Waals surface area contributed by atoms with Crippen LogP contribution in [0.15, 0.2) is 79.0 Å². The molecule has 8 nitrogen and oxygen atoms in total. The summed E-state index contributed by atoms with van der Waals surface area (Å²) in [5, 5.41) is 12.9. The van der Waals surface area contributed by atoms with Crippen molar-refractivity contribution in [3.05, 3.63) is 102 Å². The zero-order valence-corrected chi connectivity index (χ0v) is 24.6. The van der Waals surface area contributed by atoms with Gasteiger partial charge in [0.1, 0.15) is 18.4 Å². The van der Waals surface area contributed by atoms with Gasteiger partial charge in [-0.25, -0.2) is 9.37 Å². The van der Waals surface area contributed by atoms with Gasteiger partial charge in [0.25, 0.3) is 0 Å². The molecule has 4 aromatic rings. The number of hydrogen-bond donors (Lipinski definition) is 4. The molecule has 3 aromatic carbocycles. The summed E-state index contributed by atoms with van der Waals surface area (Å²) in [6, 6.07) is 22.1. The molecule has 1 aromatic heterocycles. The third kappa shape index (κ3) is 8.68. The minimum absolute atomic E-state index is 0.124. The Morgan fingerprint density at radius 2 is 1.69 bits per heavy atom. The van der Waals surface area contributed by atoms with Crippen LogP contribution >= 0.6 is 0 Å². The van der Waals surface area contributed by atoms with E-state index in [1.165, 1.54) is 12.1 Å². The van der Waals surface area contributed by atoms with Gasteiger partial charge < -0.3 is 26.1 Å². The molecule has 0 unspecified atom stereocenters. The number of hydrogen-bond acceptors (Lipinski definition) is 7. The van der Waals surface area contributed by atoms with Gasteiger partial charge in [-0.3, -0.25) is 4.79 Å². The molecule has 9 heteroatoms. The Kier molecular flexibility index (Phi) is 11.7. The summed E-state index contributed by atoms with van der Waals surface area (Å²) in [6.07, 6.45) is 2.78. The van der Waals surface area contributed by atoms with Gasteiger partial charge in [0.15, 0.2) is 0 Å². The average Bonchev–Trinajstić information content (AvgIpc) is 3.00. The summed E-state index contributed by atoms with van der Waals surface area (Å²) in [7, 11) is 1.94. The molecule has 0 spiro atoms. The summed E-state index contributed by atoms with van der Waals surface area (Å²) in [5.41, 5.74) is 4.90. The second-order valence-electron chi connectivity index (χ2n) is 10.3. The number of aromatic nitrogens is 2. The largest absolute Gasteiger partial charge is 0.369 e. The van der Waals surface area contributed by atoms with E-state index in [2.05, 4.69) is 32.3 Å². The van der Waals surface area contributed by atoms with Crippen molar-refractivity contribution in [1.29, 1.82) is 0 Å². The SMILES string of the molecule is C=O.CNCCCNc1nc(Nc2cccc(C)c2)ncc1-c1ccc(CNC(=O)C(C)(C)c2ccc(F)cc2)cc1. The zero-order valence-electron chi connectivity index (χ0n) is 24.6. The van der Waals surface area contributed by atoms with Gasteiger partial charge in [0.2, 0.25) is 11.9 Å². The van der Waals surface area contributed by atoms with Gasteiger partial charge in [0.05, 0.1) is 5.41 Å². The number of carbonyl (C=O) groups is 2. The van der Waals surface area contributed by atoms with Crippen molar-refractivity contribution in [3.63, 3.8) is 0 Å².